The molecule has 0 aromatic heterocycles. The summed E-state index contributed by atoms with van der Waals surface area (Å²) in [6.45, 7) is 28.6. The molecule has 3 unspecified atom stereocenters. The number of carboxylic acid groups (broad SMARTS) is 2. The van der Waals surface area contributed by atoms with Crippen LogP contribution in [0.15, 0.2) is 0 Å². The number of carbonyl (C=O) groups excluding carboxylic acids is 2. The molecule has 4 aliphatic rings. The van der Waals surface area contributed by atoms with E-state index in [0.717, 1.165) is 137 Å². The van der Waals surface area contributed by atoms with Gasteiger partial charge in [-0.05, 0) is 65.3 Å². The zero-order valence-electron chi connectivity index (χ0n) is 41.8. The number of hydrogen-bond acceptors (Lipinski definition) is 13. The summed E-state index contributed by atoms with van der Waals surface area (Å²) in [6.07, 6.45) is 7.23. The maximum Gasteiger partial charge on any atom is 0.138 e. The Morgan fingerprint density at radius 1 is 0.600 bits per heavy atom. The van der Waals surface area contributed by atoms with Crippen LogP contribution in [0.2, 0.25) is 0 Å². The van der Waals surface area contributed by atoms with Gasteiger partial charge in [0, 0.05) is 83.3 Å². The first kappa shape index (κ1) is 61.9. The van der Waals surface area contributed by atoms with Gasteiger partial charge in [0.25, 0.3) is 0 Å². The Morgan fingerprint density at radius 3 is 1.40 bits per heavy atom. The van der Waals surface area contributed by atoms with Gasteiger partial charge < -0.3 is 76.9 Å². The van der Waals surface area contributed by atoms with Gasteiger partial charge in [-0.25, -0.2) is 0 Å². The number of carboxylic acids is 2. The number of aliphatic carboxylic acids is 2. The molecule has 0 amide bonds. The van der Waals surface area contributed by atoms with E-state index < -0.39 is 27.1 Å². The number of quaternary nitrogens is 4. The van der Waals surface area contributed by atoms with E-state index in [-0.39, 0.29) is 31.8 Å². The van der Waals surface area contributed by atoms with Crippen molar-refractivity contribution in [3.63, 3.8) is 0 Å². The molecule has 4 fully saturated rings. The van der Waals surface area contributed by atoms with Crippen LogP contribution in [0.1, 0.15) is 78.6 Å². The van der Waals surface area contributed by atoms with Crippen molar-refractivity contribution in [3.8, 4) is 0 Å². The fraction of sp³-hybridized carbons (Fsp3) is 0.955. The molecule has 0 aromatic rings. The molecule has 4 N–H and O–H groups in total. The number of nitrogens with zero attached hydrogens (tertiary/aromatic N) is 7. The molecule has 4 aliphatic heterocycles. The number of unbranched alkanes of at least 4 members (excludes halogenated alkanes) is 3. The zero-order chi connectivity index (χ0) is 49.2. The van der Waals surface area contributed by atoms with Crippen LogP contribution in [0.25, 0.3) is 0 Å². The molecular formula is C44H94N8O11P2. The van der Waals surface area contributed by atoms with E-state index in [1.807, 2.05) is 7.05 Å². The lowest BCUT2D eigenvalue weighted by atomic mass is 10.2. The van der Waals surface area contributed by atoms with E-state index in [2.05, 4.69) is 61.9 Å². The van der Waals surface area contributed by atoms with Gasteiger partial charge in [-0.1, -0.05) is 13.3 Å². The first-order valence-corrected chi connectivity index (χ1v) is 28.1. The minimum Gasteiger partial charge on any atom is -0.778 e. The van der Waals surface area contributed by atoms with Crippen LogP contribution in [0.5, 0.6) is 0 Å². The van der Waals surface area contributed by atoms with Crippen molar-refractivity contribution in [1.29, 1.82) is 0 Å². The number of likely N-dealkylation sites (N-methyl/N-ethyl adjacent to an activating group) is 4. The van der Waals surface area contributed by atoms with E-state index in [1.54, 1.807) is 0 Å². The van der Waals surface area contributed by atoms with Gasteiger partial charge in [-0.2, -0.15) is 0 Å². The third-order valence-corrected chi connectivity index (χ3v) is 15.6. The van der Waals surface area contributed by atoms with Crippen LogP contribution in [-0.2, 0) is 18.7 Å². The van der Waals surface area contributed by atoms with Gasteiger partial charge in [0.15, 0.2) is 0 Å². The minimum absolute atomic E-state index is 0.106. The van der Waals surface area contributed by atoms with Crippen molar-refractivity contribution < 1.29 is 71.5 Å². The van der Waals surface area contributed by atoms with Gasteiger partial charge in [0.1, 0.15) is 15.2 Å². The topological polar surface area (TPSA) is 243 Å². The van der Waals surface area contributed by atoms with E-state index >= 15 is 0 Å². The molecule has 0 spiro atoms. The molecule has 3 atom stereocenters. The highest BCUT2D eigenvalue weighted by molar-refractivity contribution is 7.50. The number of β-amino-alcohol motifs (C(OH)–C–C–N with tert-alkyl or cyclic N) is 1. The highest BCUT2D eigenvalue weighted by atomic mass is 31.2. The molecule has 0 saturated carbocycles. The van der Waals surface area contributed by atoms with Crippen molar-refractivity contribution in [1.82, 2.24) is 20.0 Å². The number of aliphatic hydroxyl groups is 1. The third-order valence-electron chi connectivity index (χ3n) is 14.0. The smallest absolute Gasteiger partial charge is 0.138 e. The van der Waals surface area contributed by atoms with Crippen molar-refractivity contribution in [2.45, 2.75) is 84.6 Å². The molecule has 65 heavy (non-hydrogen) atoms. The second kappa shape index (κ2) is 31.2. The Kier molecular flexibility index (Phi) is 29.7. The van der Waals surface area contributed by atoms with Gasteiger partial charge in [-0.3, -0.25) is 14.7 Å². The summed E-state index contributed by atoms with van der Waals surface area (Å²) >= 11 is 0. The first-order valence-electron chi connectivity index (χ1n) is 24.5. The lowest BCUT2D eigenvalue weighted by molar-refractivity contribution is -0.913. The second-order valence-electron chi connectivity index (χ2n) is 20.5. The summed E-state index contributed by atoms with van der Waals surface area (Å²) in [5.41, 5.74) is 0. The highest BCUT2D eigenvalue weighted by Crippen LogP contribution is 2.30. The van der Waals surface area contributed by atoms with Crippen LogP contribution in [0, 0.1) is 0 Å². The summed E-state index contributed by atoms with van der Waals surface area (Å²) in [6, 6.07) is 0.553. The van der Waals surface area contributed by atoms with Crippen LogP contribution in [0.4, 0.5) is 0 Å². The van der Waals surface area contributed by atoms with Crippen LogP contribution in [0.3, 0.4) is 0 Å². The molecule has 0 aromatic carbocycles. The van der Waals surface area contributed by atoms with Crippen molar-refractivity contribution in [3.05, 3.63) is 0 Å². The summed E-state index contributed by atoms with van der Waals surface area (Å²) in [5, 5.41) is 32.8. The number of aliphatic hydroxyl groups excluding tert-OH is 1. The predicted molar refractivity (Wildman–Crippen MR) is 249 cm³/mol. The van der Waals surface area contributed by atoms with Gasteiger partial charge in [-0.15, -0.1) is 0 Å². The number of carbonyl (C=O) groups is 2. The van der Waals surface area contributed by atoms with E-state index in [4.69, 9.17) is 14.9 Å². The molecule has 4 rings (SSSR count). The average molecular weight is 973 g/mol. The third kappa shape index (κ3) is 30.9. The van der Waals surface area contributed by atoms with E-state index in [0.29, 0.717) is 30.2 Å². The number of piperazine rings is 3. The van der Waals surface area contributed by atoms with Crippen LogP contribution >= 0.6 is 15.2 Å². The second-order valence-corrected chi connectivity index (χ2v) is 24.0. The van der Waals surface area contributed by atoms with E-state index in [1.165, 1.54) is 45.6 Å². The molecule has 0 bridgehead atoms. The monoisotopic (exact) mass is 973 g/mol. The van der Waals surface area contributed by atoms with Gasteiger partial charge >= 0.3 is 0 Å². The molecule has 4 saturated heterocycles. The Balaban J connectivity index is 0.000000435. The van der Waals surface area contributed by atoms with Crippen LogP contribution < -0.4 is 25.3 Å². The van der Waals surface area contributed by atoms with Crippen LogP contribution in [-0.4, -0.2) is 257 Å². The molecule has 386 valence electrons. The number of rotatable bonds is 22. The van der Waals surface area contributed by atoms with Gasteiger partial charge in [0.05, 0.1) is 126 Å². The molecule has 19 nitrogen and oxygen atoms in total. The molecule has 0 aliphatic carbocycles. The predicted octanol–water partition coefficient (Wildman–Crippen LogP) is -2.20. The quantitative estimate of drug-likeness (QED) is 0.0512. The molecular weight excluding hydrogens is 878 g/mol. The van der Waals surface area contributed by atoms with Crippen molar-refractivity contribution >= 4 is 27.1 Å². The Hall–Kier alpha value is -1.12. The Bertz CT molecular complexity index is 1400. The summed E-state index contributed by atoms with van der Waals surface area (Å²) in [5.74, 6) is -1.84. The Labute approximate surface area is 393 Å². The maximum absolute atomic E-state index is 10.8. The first-order chi connectivity index (χ1) is 30.2. The summed E-state index contributed by atoms with van der Waals surface area (Å²) < 4.78 is 25.2. The average Bonchev–Trinajstić information content (AvgIpc) is 3.41. The van der Waals surface area contributed by atoms with Gasteiger partial charge in [0.2, 0.25) is 0 Å². The fourth-order valence-electron chi connectivity index (χ4n) is 8.81. The largest absolute Gasteiger partial charge is 0.778 e. The standard InChI is InChI=1S/C14H28N2O2.C10H23N2O4P.C10H23N2O3P.C10H20N2O2/c1-3-4-8-15-9-12-16(2,13-10-15)11-6-5-7-14(17)18;1-12(8-10-17(14,15)16)6-2-3-11(4-7-12)5-9-13;1-10(2)11-4-6-12(3,7-5-11)8-9-16(13,14)15;1-12(8-5-11-6-9-12)7-3-2-4-10(13)14/h3-13H2,1-2H3;13H,2-10H2,1H3,(H-,14,15,16);10H,4-9H2,1-3H3,(H-,13,14,15);11H,2-9H2,1H3. The maximum atomic E-state index is 10.8. The highest BCUT2D eigenvalue weighted by Gasteiger charge is 2.31. The number of hydrogen-bond donors (Lipinski definition) is 4. The fourth-order valence-corrected chi connectivity index (χ4v) is 10.3. The van der Waals surface area contributed by atoms with Crippen molar-refractivity contribution in [2.24, 2.45) is 0 Å². The molecule has 0 radical (unpaired) electrons. The SMILES string of the molecule is CC(C)N1CC[N+](C)(CCP(=O)([O-])O)CC1.CCCCN1CC[N+](C)(CCCCC(=O)[O-])CC1.C[N+]1(CCCCC(=O)[O-])CCNCC1.C[N+]1(CCP(=O)([O-])O)CCCN(CCO)CC1. The lowest BCUT2D eigenvalue weighted by Gasteiger charge is -2.43. The van der Waals surface area contributed by atoms with E-state index in [9.17, 15) is 38.7 Å². The number of nitrogens with one attached hydrogen (secondary N) is 1. The minimum atomic E-state index is -4.14. The zero-order valence-corrected chi connectivity index (χ0v) is 43.5. The lowest BCUT2D eigenvalue weighted by Crippen LogP contribution is -2.59. The molecule has 21 heteroatoms. The summed E-state index contributed by atoms with van der Waals surface area (Å²) in [7, 11) is 0.416. The van der Waals surface area contributed by atoms with Crippen molar-refractivity contribution in [2.75, 3.05) is 191 Å². The Morgan fingerprint density at radius 2 is 1.00 bits per heavy atom. The molecule has 4 heterocycles. The normalized spacial score (nSPS) is 24.3. The summed E-state index contributed by atoms with van der Waals surface area (Å²) in [4.78, 5) is 66.9.